The fourth-order valence-corrected chi connectivity index (χ4v) is 2.96. The van der Waals surface area contributed by atoms with Crippen molar-refractivity contribution in [3.63, 3.8) is 0 Å². The zero-order chi connectivity index (χ0) is 18.4. The van der Waals surface area contributed by atoms with Gasteiger partial charge in [0.25, 0.3) is 0 Å². The molecule has 3 rings (SSSR count). The predicted octanol–water partition coefficient (Wildman–Crippen LogP) is 5.05. The summed E-state index contributed by atoms with van der Waals surface area (Å²) in [6.07, 6.45) is 4.20. The summed E-state index contributed by atoms with van der Waals surface area (Å²) in [6.45, 7) is 2.33. The molecule has 0 unspecified atom stereocenters. The van der Waals surface area contributed by atoms with E-state index in [0.29, 0.717) is 12.8 Å². The number of aryl methyl sites for hydroxylation is 1. The van der Waals surface area contributed by atoms with Gasteiger partial charge in [-0.1, -0.05) is 60.2 Å². The molecule has 0 saturated heterocycles. The largest absolute Gasteiger partial charge is 0.388 e. The minimum atomic E-state index is -0.637. The molecule has 0 amide bonds. The van der Waals surface area contributed by atoms with Gasteiger partial charge in [-0.2, -0.15) is 5.54 Å². The zero-order valence-electron chi connectivity index (χ0n) is 14.8. The third kappa shape index (κ3) is 4.34. The molecule has 1 heterocycles. The highest BCUT2D eigenvalue weighted by Crippen LogP contribution is 2.30. The molecule has 1 atom stereocenters. The monoisotopic (exact) mass is 350 g/mol. The van der Waals surface area contributed by atoms with E-state index in [2.05, 4.69) is 19.1 Å². The van der Waals surface area contributed by atoms with Crippen LogP contribution in [0.15, 0.2) is 66.7 Å². The highest BCUT2D eigenvalue weighted by atomic mass is 19.2. The van der Waals surface area contributed by atoms with Crippen LogP contribution in [0.2, 0.25) is 0 Å². The molecule has 0 fully saturated rings. The number of hydrogen-bond acceptors (Lipinski definition) is 3. The van der Waals surface area contributed by atoms with Crippen LogP contribution in [0, 0.1) is 6.92 Å². The molecule has 26 heavy (non-hydrogen) atoms. The number of para-hydroxylation sites is 1. The number of fused-ring (bicyclic) bond motifs is 1. The van der Waals surface area contributed by atoms with Crippen molar-refractivity contribution in [1.29, 1.82) is 0 Å². The van der Waals surface area contributed by atoms with Gasteiger partial charge in [-0.15, -0.1) is 4.48 Å². The van der Waals surface area contributed by atoms with Gasteiger partial charge in [0.1, 0.15) is 0 Å². The lowest BCUT2D eigenvalue weighted by molar-refractivity contribution is 0.183. The van der Waals surface area contributed by atoms with Crippen LogP contribution in [0.25, 0.3) is 22.2 Å². The molecule has 1 aromatic heterocycles. The molecule has 0 aliphatic carbocycles. The van der Waals surface area contributed by atoms with Crippen molar-refractivity contribution in [3.05, 3.63) is 77.9 Å². The summed E-state index contributed by atoms with van der Waals surface area (Å²) >= 11 is 0. The highest BCUT2D eigenvalue weighted by molar-refractivity contribution is 5.85. The van der Waals surface area contributed by atoms with Crippen LogP contribution >= 0.6 is 0 Å². The third-order valence-corrected chi connectivity index (χ3v) is 4.39. The quantitative estimate of drug-likeness (QED) is 0.356. The number of benzene rings is 2. The van der Waals surface area contributed by atoms with Gasteiger partial charge in [0.05, 0.1) is 17.3 Å². The lowest BCUT2D eigenvalue weighted by Gasteiger charge is -2.14. The summed E-state index contributed by atoms with van der Waals surface area (Å²) in [5.74, 6) is 0. The first-order valence-electron chi connectivity index (χ1n) is 8.82. The van der Waals surface area contributed by atoms with Crippen LogP contribution in [-0.2, 0) is 0 Å². The molecular formula is C22H23FN2O. The molecule has 3 nitrogen and oxygen atoms in total. The number of hydrogen-bond donors (Lipinski definition) is 2. The van der Waals surface area contributed by atoms with Crippen molar-refractivity contribution in [1.82, 2.24) is 10.5 Å². The molecule has 2 aromatic carbocycles. The van der Waals surface area contributed by atoms with Crippen LogP contribution < -0.4 is 5.54 Å². The first-order chi connectivity index (χ1) is 12.7. The van der Waals surface area contributed by atoms with Gasteiger partial charge in [-0.05, 0) is 37.5 Å². The Bertz CT molecular complexity index is 890. The van der Waals surface area contributed by atoms with E-state index in [-0.39, 0.29) is 6.54 Å². The van der Waals surface area contributed by atoms with Gasteiger partial charge in [-0.25, -0.2) is 4.98 Å². The maximum absolute atomic E-state index is 11.9. The second kappa shape index (κ2) is 8.70. The Hall–Kier alpha value is -2.56. The van der Waals surface area contributed by atoms with Gasteiger partial charge in [0.15, 0.2) is 0 Å². The second-order valence-corrected chi connectivity index (χ2v) is 6.38. The van der Waals surface area contributed by atoms with E-state index < -0.39 is 6.10 Å². The number of aliphatic hydroxyl groups is 1. The minimum absolute atomic E-state index is 0.280. The summed E-state index contributed by atoms with van der Waals surface area (Å²) in [7, 11) is 0. The van der Waals surface area contributed by atoms with Crippen LogP contribution in [-0.4, -0.2) is 16.6 Å². The fourth-order valence-electron chi connectivity index (χ4n) is 2.96. The average molecular weight is 350 g/mol. The van der Waals surface area contributed by atoms with Gasteiger partial charge in [0, 0.05) is 17.5 Å². The molecular weight excluding hydrogens is 327 g/mol. The van der Waals surface area contributed by atoms with E-state index in [1.54, 1.807) is 5.54 Å². The minimum Gasteiger partial charge on any atom is -0.388 e. The molecule has 0 bridgehead atoms. The average Bonchev–Trinajstić information content (AvgIpc) is 2.67. The maximum Gasteiger partial charge on any atom is 0.0831 e. The number of nitrogens with zero attached hydrogens (tertiary/aromatic N) is 1. The van der Waals surface area contributed by atoms with Gasteiger partial charge in [0.2, 0.25) is 0 Å². The number of aliphatic hydroxyl groups excluding tert-OH is 1. The van der Waals surface area contributed by atoms with E-state index >= 15 is 0 Å². The Kier molecular flexibility index (Phi) is 6.10. The first-order valence-corrected chi connectivity index (χ1v) is 8.82. The van der Waals surface area contributed by atoms with E-state index in [9.17, 15) is 9.59 Å². The first kappa shape index (κ1) is 18.2. The van der Waals surface area contributed by atoms with E-state index in [0.717, 1.165) is 27.7 Å². The number of rotatable bonds is 7. The van der Waals surface area contributed by atoms with Crippen LogP contribution in [0.4, 0.5) is 4.48 Å². The fraction of sp³-hybridized carbons (Fsp3) is 0.227. The Balaban J connectivity index is 1.94. The van der Waals surface area contributed by atoms with Gasteiger partial charge in [-0.3, -0.25) is 0 Å². The van der Waals surface area contributed by atoms with Crippen molar-refractivity contribution in [2.75, 3.05) is 6.54 Å². The summed E-state index contributed by atoms with van der Waals surface area (Å²) in [6, 6.07) is 18.0. The summed E-state index contributed by atoms with van der Waals surface area (Å²) < 4.78 is 11.9. The molecule has 0 radical (unpaired) electrons. The molecule has 0 spiro atoms. The smallest absolute Gasteiger partial charge is 0.0831 e. The van der Waals surface area contributed by atoms with Crippen LogP contribution in [0.1, 0.15) is 30.1 Å². The molecule has 2 N–H and O–H groups in total. The highest BCUT2D eigenvalue weighted by Gasteiger charge is 2.13. The lowest BCUT2D eigenvalue weighted by Crippen LogP contribution is -2.01. The van der Waals surface area contributed by atoms with Gasteiger partial charge < -0.3 is 5.11 Å². The standard InChI is InChI=1S/C22H23FN2O/c1-16-10-12-17(13-11-16)21-15-19(18-7-4-5-8-20(18)25-21)22(26)9-3-2-6-14-24-23/h2-5,7-8,10-13,15,22,24,26H,6,9,14H2,1H3/b3-2-/t22-/m0/s1. The Labute approximate surface area is 153 Å². The van der Waals surface area contributed by atoms with E-state index in [4.69, 9.17) is 4.98 Å². The summed E-state index contributed by atoms with van der Waals surface area (Å²) in [5, 5.41) is 11.7. The third-order valence-electron chi connectivity index (χ3n) is 4.39. The Morgan fingerprint density at radius 1 is 1.12 bits per heavy atom. The molecule has 0 saturated carbocycles. The van der Waals surface area contributed by atoms with Crippen molar-refractivity contribution < 1.29 is 9.59 Å². The van der Waals surface area contributed by atoms with Crippen molar-refractivity contribution in [3.8, 4) is 11.3 Å². The summed E-state index contributed by atoms with van der Waals surface area (Å²) in [5.41, 5.74) is 6.42. The maximum atomic E-state index is 11.9. The summed E-state index contributed by atoms with van der Waals surface area (Å²) in [4.78, 5) is 4.76. The van der Waals surface area contributed by atoms with E-state index in [1.807, 2.05) is 54.6 Å². The molecule has 0 aliphatic rings. The topological polar surface area (TPSA) is 45.1 Å². The lowest BCUT2D eigenvalue weighted by atomic mass is 9.98. The van der Waals surface area contributed by atoms with Crippen LogP contribution in [0.3, 0.4) is 0 Å². The second-order valence-electron chi connectivity index (χ2n) is 6.38. The Morgan fingerprint density at radius 2 is 1.88 bits per heavy atom. The number of nitrogens with one attached hydrogen (secondary N) is 1. The molecule has 0 aliphatic heterocycles. The SMILES string of the molecule is Cc1ccc(-c2cc([C@@H](O)C/C=C\CCNF)c3ccccc3n2)cc1. The van der Waals surface area contributed by atoms with E-state index in [1.165, 1.54) is 5.56 Å². The predicted molar refractivity (Wildman–Crippen MR) is 104 cm³/mol. The normalized spacial score (nSPS) is 12.7. The van der Waals surface area contributed by atoms with Crippen molar-refractivity contribution in [2.24, 2.45) is 0 Å². The number of halogens is 1. The van der Waals surface area contributed by atoms with Crippen LogP contribution in [0.5, 0.6) is 0 Å². The Morgan fingerprint density at radius 3 is 2.65 bits per heavy atom. The molecule has 3 aromatic rings. The zero-order valence-corrected chi connectivity index (χ0v) is 14.8. The molecule has 134 valence electrons. The number of pyridine rings is 1. The molecule has 4 heteroatoms. The van der Waals surface area contributed by atoms with Crippen molar-refractivity contribution >= 4 is 10.9 Å². The van der Waals surface area contributed by atoms with Gasteiger partial charge >= 0.3 is 0 Å². The number of aromatic nitrogens is 1. The van der Waals surface area contributed by atoms with Crippen molar-refractivity contribution in [2.45, 2.75) is 25.9 Å².